The molecule has 28 heavy (non-hydrogen) atoms. The molecule has 2 aromatic heterocycles. The van der Waals surface area contributed by atoms with Gasteiger partial charge in [-0.2, -0.15) is 0 Å². The third-order valence-electron chi connectivity index (χ3n) is 4.32. The number of carboxylic acid groups (broad SMARTS) is 1. The van der Waals surface area contributed by atoms with Crippen molar-refractivity contribution in [2.24, 2.45) is 0 Å². The number of aryl methyl sites for hydroxylation is 3. The smallest absolute Gasteiger partial charge is 0.335 e. The summed E-state index contributed by atoms with van der Waals surface area (Å²) >= 11 is 1.51. The van der Waals surface area contributed by atoms with Crippen LogP contribution in [0.4, 0.5) is 4.39 Å². The van der Waals surface area contributed by atoms with Crippen LogP contribution in [0.1, 0.15) is 39.6 Å². The van der Waals surface area contributed by atoms with Gasteiger partial charge in [0.2, 0.25) is 0 Å². The third kappa shape index (κ3) is 4.95. The lowest BCUT2D eigenvalue weighted by atomic mass is 10.1. The first-order valence-corrected chi connectivity index (χ1v) is 10.1. The second-order valence-electron chi connectivity index (χ2n) is 6.46. The molecular formula is C20H21FN4O2S. The fourth-order valence-corrected chi connectivity index (χ4v) is 3.52. The van der Waals surface area contributed by atoms with Crippen molar-refractivity contribution in [2.75, 3.05) is 6.26 Å². The lowest BCUT2D eigenvalue weighted by Crippen LogP contribution is -2.08. The van der Waals surface area contributed by atoms with E-state index in [1.807, 2.05) is 10.8 Å². The Morgan fingerprint density at radius 3 is 2.61 bits per heavy atom. The molecule has 146 valence electrons. The zero-order valence-corrected chi connectivity index (χ0v) is 16.5. The molecule has 0 aliphatic carbocycles. The van der Waals surface area contributed by atoms with Crippen molar-refractivity contribution in [3.8, 4) is 0 Å². The van der Waals surface area contributed by atoms with Gasteiger partial charge in [-0.1, -0.05) is 23.9 Å². The van der Waals surface area contributed by atoms with Crippen molar-refractivity contribution >= 4 is 17.7 Å². The maximum atomic E-state index is 13.1. The number of carboxylic acids is 1. The predicted molar refractivity (Wildman–Crippen MR) is 105 cm³/mol. The number of aromatic carboxylic acids is 1. The first-order chi connectivity index (χ1) is 13.5. The van der Waals surface area contributed by atoms with Crippen LogP contribution in [0.25, 0.3) is 0 Å². The Labute approximate surface area is 166 Å². The van der Waals surface area contributed by atoms with Gasteiger partial charge in [-0.3, -0.25) is 4.98 Å². The Hall–Kier alpha value is -2.74. The van der Waals surface area contributed by atoms with Gasteiger partial charge in [0.25, 0.3) is 0 Å². The van der Waals surface area contributed by atoms with E-state index < -0.39 is 5.97 Å². The van der Waals surface area contributed by atoms with Gasteiger partial charge in [-0.15, -0.1) is 10.2 Å². The van der Waals surface area contributed by atoms with E-state index in [2.05, 4.69) is 15.2 Å². The van der Waals surface area contributed by atoms with Crippen LogP contribution >= 0.6 is 11.8 Å². The standard InChI is InChI=1S/C20H21FN4O2S/c1-13-10-15(19(26)27)11-17(22-13)4-3-5-18-23-24-20(28-2)25(18)12-14-6-8-16(21)9-7-14/h6-11H,3-5,12H2,1-2H3,(H,26,27). The third-order valence-corrected chi connectivity index (χ3v) is 4.98. The molecule has 0 amide bonds. The number of halogens is 1. The molecule has 0 aliphatic heterocycles. The van der Waals surface area contributed by atoms with E-state index in [9.17, 15) is 14.3 Å². The molecule has 1 N–H and O–H groups in total. The van der Waals surface area contributed by atoms with Gasteiger partial charge in [0, 0.05) is 17.8 Å². The number of pyridine rings is 1. The van der Waals surface area contributed by atoms with Crippen LogP contribution in [0.2, 0.25) is 0 Å². The number of benzene rings is 1. The lowest BCUT2D eigenvalue weighted by Gasteiger charge is -2.10. The molecule has 0 saturated carbocycles. The molecule has 0 unspecified atom stereocenters. The number of carbonyl (C=O) groups is 1. The normalized spacial score (nSPS) is 11.0. The van der Waals surface area contributed by atoms with E-state index in [1.165, 1.54) is 23.9 Å². The zero-order valence-electron chi connectivity index (χ0n) is 15.7. The highest BCUT2D eigenvalue weighted by atomic mass is 32.2. The number of hydrogen-bond donors (Lipinski definition) is 1. The Morgan fingerprint density at radius 1 is 1.18 bits per heavy atom. The van der Waals surface area contributed by atoms with Gasteiger partial charge in [0.05, 0.1) is 12.1 Å². The van der Waals surface area contributed by atoms with Crippen LogP contribution < -0.4 is 0 Å². The highest BCUT2D eigenvalue weighted by molar-refractivity contribution is 7.98. The first kappa shape index (κ1) is 20.0. The van der Waals surface area contributed by atoms with E-state index >= 15 is 0 Å². The number of thioether (sulfide) groups is 1. The summed E-state index contributed by atoms with van der Waals surface area (Å²) in [6.07, 6.45) is 4.05. The maximum Gasteiger partial charge on any atom is 0.335 e. The monoisotopic (exact) mass is 400 g/mol. The van der Waals surface area contributed by atoms with E-state index in [-0.39, 0.29) is 11.4 Å². The quantitative estimate of drug-likeness (QED) is 0.580. The van der Waals surface area contributed by atoms with Crippen LogP contribution in [0.3, 0.4) is 0 Å². The van der Waals surface area contributed by atoms with E-state index in [0.717, 1.165) is 28.7 Å². The molecule has 1 aromatic carbocycles. The fraction of sp³-hybridized carbons (Fsp3) is 0.300. The maximum absolute atomic E-state index is 13.1. The number of hydrogen-bond acceptors (Lipinski definition) is 5. The minimum atomic E-state index is -0.949. The summed E-state index contributed by atoms with van der Waals surface area (Å²) < 4.78 is 15.2. The van der Waals surface area contributed by atoms with E-state index in [0.29, 0.717) is 25.1 Å². The summed E-state index contributed by atoms with van der Waals surface area (Å²) in [5.41, 5.74) is 2.68. The Balaban J connectivity index is 1.70. The molecule has 0 spiro atoms. The zero-order chi connectivity index (χ0) is 20.1. The van der Waals surface area contributed by atoms with Gasteiger partial charge in [0.1, 0.15) is 11.6 Å². The Bertz CT molecular complexity index is 973. The molecule has 0 aliphatic rings. The number of rotatable bonds is 8. The van der Waals surface area contributed by atoms with Crippen molar-refractivity contribution < 1.29 is 14.3 Å². The van der Waals surface area contributed by atoms with E-state index in [4.69, 9.17) is 0 Å². The average molecular weight is 400 g/mol. The molecule has 0 saturated heterocycles. The van der Waals surface area contributed by atoms with Gasteiger partial charge in [0.15, 0.2) is 5.16 Å². The molecular weight excluding hydrogens is 379 g/mol. The molecule has 0 radical (unpaired) electrons. The van der Waals surface area contributed by atoms with Crippen molar-refractivity contribution in [1.29, 1.82) is 0 Å². The highest BCUT2D eigenvalue weighted by Gasteiger charge is 2.13. The van der Waals surface area contributed by atoms with Crippen LogP contribution in [0, 0.1) is 12.7 Å². The highest BCUT2D eigenvalue weighted by Crippen LogP contribution is 2.18. The van der Waals surface area contributed by atoms with Gasteiger partial charge >= 0.3 is 5.97 Å². The molecule has 8 heteroatoms. The summed E-state index contributed by atoms with van der Waals surface area (Å²) in [6, 6.07) is 9.59. The van der Waals surface area contributed by atoms with Crippen molar-refractivity contribution in [1.82, 2.24) is 19.7 Å². The molecule has 3 rings (SSSR count). The number of aromatic nitrogens is 4. The second-order valence-corrected chi connectivity index (χ2v) is 7.24. The van der Waals surface area contributed by atoms with Gasteiger partial charge in [-0.25, -0.2) is 9.18 Å². The predicted octanol–water partition coefficient (Wildman–Crippen LogP) is 3.76. The molecule has 0 atom stereocenters. The largest absolute Gasteiger partial charge is 0.478 e. The fourth-order valence-electron chi connectivity index (χ4n) is 3.00. The van der Waals surface area contributed by atoms with Crippen molar-refractivity contribution in [3.63, 3.8) is 0 Å². The summed E-state index contributed by atoms with van der Waals surface area (Å²) in [7, 11) is 0. The average Bonchev–Trinajstić information content (AvgIpc) is 3.05. The first-order valence-electron chi connectivity index (χ1n) is 8.87. The Kier molecular flexibility index (Phi) is 6.41. The molecule has 0 bridgehead atoms. The molecule has 6 nitrogen and oxygen atoms in total. The number of nitrogens with zero attached hydrogens (tertiary/aromatic N) is 4. The molecule has 2 heterocycles. The minimum absolute atomic E-state index is 0.256. The van der Waals surface area contributed by atoms with Crippen LogP contribution in [-0.4, -0.2) is 37.1 Å². The minimum Gasteiger partial charge on any atom is -0.478 e. The SMILES string of the molecule is CSc1nnc(CCCc2cc(C(=O)O)cc(C)n2)n1Cc1ccc(F)cc1. The van der Waals surface area contributed by atoms with Crippen LogP contribution in [0.5, 0.6) is 0 Å². The topological polar surface area (TPSA) is 80.9 Å². The van der Waals surface area contributed by atoms with Crippen molar-refractivity contribution in [3.05, 3.63) is 70.6 Å². The van der Waals surface area contributed by atoms with Gasteiger partial charge < -0.3 is 9.67 Å². The van der Waals surface area contributed by atoms with Crippen molar-refractivity contribution in [2.45, 2.75) is 37.9 Å². The molecule has 3 aromatic rings. The second kappa shape index (κ2) is 8.97. The molecule has 0 fully saturated rings. The summed E-state index contributed by atoms with van der Waals surface area (Å²) in [4.78, 5) is 15.6. The summed E-state index contributed by atoms with van der Waals surface area (Å²) in [6.45, 7) is 2.37. The lowest BCUT2D eigenvalue weighted by molar-refractivity contribution is 0.0696. The Morgan fingerprint density at radius 2 is 1.93 bits per heavy atom. The summed E-state index contributed by atoms with van der Waals surface area (Å²) in [5.74, 6) is -0.362. The van der Waals surface area contributed by atoms with E-state index in [1.54, 1.807) is 31.2 Å². The summed E-state index contributed by atoms with van der Waals surface area (Å²) in [5, 5.41) is 18.5. The van der Waals surface area contributed by atoms with Crippen LogP contribution in [0.15, 0.2) is 41.6 Å². The van der Waals surface area contributed by atoms with Gasteiger partial charge in [-0.05, 0) is 55.9 Å². The van der Waals surface area contributed by atoms with Crippen LogP contribution in [-0.2, 0) is 19.4 Å².